The predicted molar refractivity (Wildman–Crippen MR) is 216 cm³/mol. The van der Waals surface area contributed by atoms with E-state index in [2.05, 4.69) is 94.2 Å². The Bertz CT molecular complexity index is 1890. The zero-order valence-electron chi connectivity index (χ0n) is 32.7. The molecule has 52 heavy (non-hydrogen) atoms. The molecule has 12 heteroatoms. The van der Waals surface area contributed by atoms with Gasteiger partial charge in [-0.1, -0.05) is 71.1 Å². The van der Waals surface area contributed by atoms with Crippen LogP contribution in [-0.2, 0) is 18.6 Å². The Morgan fingerprint density at radius 2 is 1.42 bits per heavy atom. The fourth-order valence-electron chi connectivity index (χ4n) is 4.51. The molecule has 8 nitrogen and oxygen atoms in total. The number of carbonyl (C=O) groups excluding carboxylic acids is 2. The van der Waals surface area contributed by atoms with Crippen LogP contribution in [0.25, 0.3) is 0 Å². The number of pyridine rings is 1. The molecule has 0 aliphatic heterocycles. The zero-order chi connectivity index (χ0) is 39.0. The highest BCUT2D eigenvalue weighted by atomic mass is 32.2. The summed E-state index contributed by atoms with van der Waals surface area (Å²) in [7, 11) is -6.89. The van der Waals surface area contributed by atoms with Crippen LogP contribution in [0.4, 0.5) is 10.1 Å². The average Bonchev–Trinajstić information content (AvgIpc) is 3.04. The molecular weight excluding hydrogens is 710 g/mol. The number of nitrogens with zero attached hydrogens (tertiary/aromatic N) is 2. The fraction of sp³-hybridized carbons (Fsp3) is 0.475. The van der Waals surface area contributed by atoms with Crippen LogP contribution in [0.5, 0.6) is 0 Å². The zero-order valence-corrected chi connectivity index (χ0v) is 35.6. The molecule has 0 spiro atoms. The number of nitrogens with one attached hydrogen (secondary N) is 1. The van der Waals surface area contributed by atoms with Gasteiger partial charge in [-0.25, -0.2) is 8.60 Å². The third kappa shape index (κ3) is 12.6. The molecule has 3 aromatic rings. The van der Waals surface area contributed by atoms with E-state index in [1.54, 1.807) is 43.3 Å². The molecule has 0 saturated carbocycles. The molecule has 0 bridgehead atoms. The van der Waals surface area contributed by atoms with Crippen molar-refractivity contribution in [2.45, 2.75) is 97.6 Å². The first kappa shape index (κ1) is 42.9. The van der Waals surface area contributed by atoms with Crippen molar-refractivity contribution < 1.29 is 27.0 Å². The highest BCUT2D eigenvalue weighted by Gasteiger charge is 2.38. The normalized spacial score (nSPS) is 12.5. The van der Waals surface area contributed by atoms with E-state index in [4.69, 9.17) is 8.85 Å². The third-order valence-electron chi connectivity index (χ3n) is 9.83. The van der Waals surface area contributed by atoms with Crippen molar-refractivity contribution in [3.05, 3.63) is 94.6 Å². The second-order valence-corrected chi connectivity index (χ2v) is 28.4. The number of aryl methyl sites for hydroxylation is 1. The second kappa shape index (κ2) is 17.6. The van der Waals surface area contributed by atoms with Crippen molar-refractivity contribution in [2.24, 2.45) is 4.36 Å². The molecule has 0 atom stereocenters. The highest BCUT2D eigenvalue weighted by molar-refractivity contribution is 7.93. The van der Waals surface area contributed by atoms with Crippen LogP contribution in [0, 0.1) is 24.6 Å². The minimum atomic E-state index is -2.93. The average molecular weight is 766 g/mol. The van der Waals surface area contributed by atoms with Gasteiger partial charge in [-0.05, 0) is 92.4 Å². The molecule has 0 aliphatic carbocycles. The largest absolute Gasteiger partial charge is 0.417 e. The maximum atomic E-state index is 14.3. The minimum Gasteiger partial charge on any atom is -0.417 e. The van der Waals surface area contributed by atoms with Gasteiger partial charge in [0.1, 0.15) is 5.82 Å². The Morgan fingerprint density at radius 1 is 0.846 bits per heavy atom. The van der Waals surface area contributed by atoms with E-state index in [-0.39, 0.29) is 32.7 Å². The quantitative estimate of drug-likeness (QED) is 0.106. The summed E-state index contributed by atoms with van der Waals surface area (Å²) >= 11 is 0. The number of amides is 2. The summed E-state index contributed by atoms with van der Waals surface area (Å²) < 4.78 is 45.5. The third-order valence-corrected chi connectivity index (χ3v) is 21.3. The lowest BCUT2D eigenvalue weighted by Gasteiger charge is -2.36. The number of anilines is 1. The van der Waals surface area contributed by atoms with Gasteiger partial charge in [0.05, 0.1) is 20.9 Å². The summed E-state index contributed by atoms with van der Waals surface area (Å²) in [4.78, 5) is 30.4. The van der Waals surface area contributed by atoms with E-state index < -0.39 is 44.0 Å². The number of benzene rings is 2. The van der Waals surface area contributed by atoms with Gasteiger partial charge in [0, 0.05) is 53.9 Å². The molecule has 0 saturated heterocycles. The number of carbonyl (C=O) groups is 2. The number of hydrogen-bond donors (Lipinski definition) is 1. The lowest BCUT2D eigenvalue weighted by atomic mass is 10.1. The second-order valence-electron chi connectivity index (χ2n) is 16.2. The van der Waals surface area contributed by atoms with Gasteiger partial charge in [-0.3, -0.25) is 14.6 Å². The van der Waals surface area contributed by atoms with Gasteiger partial charge in [-0.15, -0.1) is 0 Å². The molecular formula is C40H56FN3O5SSi2. The van der Waals surface area contributed by atoms with Gasteiger partial charge < -0.3 is 14.2 Å². The SMILES string of the molecule is Cc1ccc(F)c(C(=O)Nc2cccc(C#Cc3cncc(C(=O)N=S(=O)(CCCO[Si](C)(C)C(C)(C)C)CCCO[Si](C)(C)C(C)(C)C)c3)c2)c1. The van der Waals surface area contributed by atoms with Crippen LogP contribution >= 0.6 is 0 Å². The van der Waals surface area contributed by atoms with E-state index in [0.717, 1.165) is 5.56 Å². The Morgan fingerprint density at radius 3 is 2.00 bits per heavy atom. The molecule has 2 amide bonds. The van der Waals surface area contributed by atoms with Crippen molar-refractivity contribution in [3.63, 3.8) is 0 Å². The smallest absolute Gasteiger partial charge is 0.286 e. The standard InChI is InChI=1S/C40H56FN3O5SSi2/c1-30-17-20-36(41)35(25-30)38(46)43-34-16-12-15-31(27-34)18-19-32-26-33(29-42-28-32)37(45)44-50(47,23-13-21-48-51(8,9)39(2,3)4)24-14-22-49-52(10,11)40(5,6)7/h12,15-17,20,25-29H,13-14,21-24H2,1-11H3,(H,43,46). The van der Waals surface area contributed by atoms with Crippen molar-refractivity contribution in [3.8, 4) is 11.8 Å². The van der Waals surface area contributed by atoms with Crippen molar-refractivity contribution in [1.29, 1.82) is 0 Å². The van der Waals surface area contributed by atoms with Crippen molar-refractivity contribution in [1.82, 2.24) is 4.98 Å². The van der Waals surface area contributed by atoms with Crippen LogP contribution in [0.1, 0.15) is 91.8 Å². The van der Waals surface area contributed by atoms with Gasteiger partial charge in [-0.2, -0.15) is 4.36 Å². The molecule has 0 fully saturated rings. The molecule has 2 aromatic carbocycles. The maximum absolute atomic E-state index is 14.3. The molecule has 1 N–H and O–H groups in total. The summed E-state index contributed by atoms with van der Waals surface area (Å²) in [5.74, 6) is 4.75. The fourth-order valence-corrected chi connectivity index (χ4v) is 8.62. The summed E-state index contributed by atoms with van der Waals surface area (Å²) in [6, 6.07) is 12.8. The summed E-state index contributed by atoms with van der Waals surface area (Å²) in [6.45, 7) is 24.5. The van der Waals surface area contributed by atoms with Crippen LogP contribution in [0.3, 0.4) is 0 Å². The predicted octanol–water partition coefficient (Wildman–Crippen LogP) is 9.61. The van der Waals surface area contributed by atoms with Gasteiger partial charge in [0.25, 0.3) is 11.8 Å². The number of aromatic nitrogens is 1. The lowest BCUT2D eigenvalue weighted by Crippen LogP contribution is -2.41. The van der Waals surface area contributed by atoms with Crippen molar-refractivity contribution >= 4 is 43.9 Å². The molecule has 3 rings (SSSR count). The summed E-state index contributed by atoms with van der Waals surface area (Å²) in [6.07, 6.45) is 3.98. The van der Waals surface area contributed by atoms with E-state index in [1.807, 2.05) is 0 Å². The number of rotatable bonds is 13. The molecule has 0 unspecified atom stereocenters. The number of halogens is 1. The Hall–Kier alpha value is -3.48. The monoisotopic (exact) mass is 765 g/mol. The van der Waals surface area contributed by atoms with E-state index in [1.165, 1.54) is 24.5 Å². The lowest BCUT2D eigenvalue weighted by molar-refractivity contribution is 0.100. The van der Waals surface area contributed by atoms with Crippen molar-refractivity contribution in [2.75, 3.05) is 30.0 Å². The van der Waals surface area contributed by atoms with Crippen LogP contribution in [-0.4, -0.2) is 62.4 Å². The first-order chi connectivity index (χ1) is 24.0. The highest BCUT2D eigenvalue weighted by Crippen LogP contribution is 2.37. The van der Waals surface area contributed by atoms with Crippen LogP contribution < -0.4 is 5.32 Å². The molecule has 1 aromatic heterocycles. The van der Waals surface area contributed by atoms with Crippen LogP contribution in [0.15, 0.2) is 65.3 Å². The number of hydrogen-bond acceptors (Lipinski definition) is 6. The van der Waals surface area contributed by atoms with Gasteiger partial charge >= 0.3 is 0 Å². The first-order valence-corrected chi connectivity index (χ1v) is 25.4. The Kier molecular flexibility index (Phi) is 14.5. The van der Waals surface area contributed by atoms with E-state index in [9.17, 15) is 18.2 Å². The summed E-state index contributed by atoms with van der Waals surface area (Å²) in [5, 5.41) is 2.83. The van der Waals surface area contributed by atoms with E-state index >= 15 is 0 Å². The van der Waals surface area contributed by atoms with Gasteiger partial charge in [0.15, 0.2) is 16.6 Å². The van der Waals surface area contributed by atoms with E-state index in [0.29, 0.717) is 42.9 Å². The maximum Gasteiger partial charge on any atom is 0.286 e. The Balaban J connectivity index is 1.78. The topological polar surface area (TPSA) is 107 Å². The molecule has 0 radical (unpaired) electrons. The minimum absolute atomic E-state index is 0.0441. The summed E-state index contributed by atoms with van der Waals surface area (Å²) in [5.41, 5.74) is 2.43. The Labute approximate surface area is 313 Å². The molecule has 0 aliphatic rings. The molecule has 1 heterocycles. The van der Waals surface area contributed by atoms with Crippen LogP contribution in [0.2, 0.25) is 36.3 Å². The van der Waals surface area contributed by atoms with Gasteiger partial charge in [0.2, 0.25) is 0 Å². The molecule has 282 valence electrons. The first-order valence-electron chi connectivity index (χ1n) is 17.7.